The van der Waals surface area contributed by atoms with Gasteiger partial charge in [0, 0.05) is 46.3 Å². The molecule has 1 aromatic carbocycles. The summed E-state index contributed by atoms with van der Waals surface area (Å²) in [5.41, 5.74) is 3.33. The Kier molecular flexibility index (Phi) is 5.08. The van der Waals surface area contributed by atoms with E-state index in [2.05, 4.69) is 27.4 Å². The minimum Gasteiger partial charge on any atom is -0.363 e. The lowest BCUT2D eigenvalue weighted by Crippen LogP contribution is -2.38. The van der Waals surface area contributed by atoms with Gasteiger partial charge in [-0.15, -0.1) is 0 Å². The molecule has 1 aliphatic rings. The maximum Gasteiger partial charge on any atom is 0.240 e. The number of hydrogen-bond acceptors (Lipinski definition) is 4. The fourth-order valence-electron chi connectivity index (χ4n) is 3.57. The summed E-state index contributed by atoms with van der Waals surface area (Å²) >= 11 is 0. The van der Waals surface area contributed by atoms with Gasteiger partial charge in [-0.25, -0.2) is 0 Å². The molecule has 1 saturated heterocycles. The second-order valence-corrected chi connectivity index (χ2v) is 6.87. The standard InChI is InChI=1S/C19H27N5O/c1-14-16(18(22(2)3)23(4)21-14)12-20-17-10-11-24(19(17)25)13-15-8-6-5-7-9-15/h5-9,17,20H,10-13H2,1-4H3/t17-/m0/s1. The van der Waals surface area contributed by atoms with Gasteiger partial charge in [-0.2, -0.15) is 5.10 Å². The quantitative estimate of drug-likeness (QED) is 0.869. The molecule has 2 aromatic rings. The van der Waals surface area contributed by atoms with E-state index in [9.17, 15) is 4.79 Å². The van der Waals surface area contributed by atoms with Gasteiger partial charge >= 0.3 is 0 Å². The predicted molar refractivity (Wildman–Crippen MR) is 99.4 cm³/mol. The summed E-state index contributed by atoms with van der Waals surface area (Å²) < 4.78 is 1.89. The summed E-state index contributed by atoms with van der Waals surface area (Å²) in [6.07, 6.45) is 0.849. The van der Waals surface area contributed by atoms with E-state index < -0.39 is 0 Å². The Balaban J connectivity index is 1.63. The fraction of sp³-hybridized carbons (Fsp3) is 0.474. The Labute approximate surface area is 149 Å². The van der Waals surface area contributed by atoms with Crippen LogP contribution in [0.1, 0.15) is 23.2 Å². The molecule has 0 aliphatic carbocycles. The second-order valence-electron chi connectivity index (χ2n) is 6.87. The van der Waals surface area contributed by atoms with Gasteiger partial charge in [0.2, 0.25) is 5.91 Å². The molecule has 1 amide bonds. The normalized spacial score (nSPS) is 17.4. The molecule has 1 aliphatic heterocycles. The third-order valence-electron chi connectivity index (χ3n) is 4.78. The molecular weight excluding hydrogens is 314 g/mol. The molecule has 6 nitrogen and oxygen atoms in total. The van der Waals surface area contributed by atoms with E-state index in [4.69, 9.17) is 0 Å². The van der Waals surface area contributed by atoms with Crippen LogP contribution in [0, 0.1) is 6.92 Å². The van der Waals surface area contributed by atoms with Crippen LogP contribution in [0.4, 0.5) is 5.82 Å². The third kappa shape index (κ3) is 3.69. The predicted octanol–water partition coefficient (Wildman–Crippen LogP) is 1.69. The SMILES string of the molecule is Cc1nn(C)c(N(C)C)c1CN[C@H]1CCN(Cc2ccccc2)C1=O. The topological polar surface area (TPSA) is 53.4 Å². The molecule has 0 unspecified atom stereocenters. The second kappa shape index (κ2) is 7.27. The Morgan fingerprint density at radius 1 is 1.28 bits per heavy atom. The van der Waals surface area contributed by atoms with E-state index in [1.807, 2.05) is 55.8 Å². The van der Waals surface area contributed by atoms with Crippen LogP contribution in [-0.4, -0.2) is 47.3 Å². The van der Waals surface area contributed by atoms with Crippen molar-refractivity contribution in [3.63, 3.8) is 0 Å². The number of anilines is 1. The summed E-state index contributed by atoms with van der Waals surface area (Å²) in [6, 6.07) is 10.0. The summed E-state index contributed by atoms with van der Waals surface area (Å²) in [4.78, 5) is 16.7. The minimum absolute atomic E-state index is 0.113. The number of hydrogen-bond donors (Lipinski definition) is 1. The molecule has 1 aromatic heterocycles. The van der Waals surface area contributed by atoms with Crippen LogP contribution in [0.3, 0.4) is 0 Å². The molecule has 0 bridgehead atoms. The third-order valence-corrected chi connectivity index (χ3v) is 4.78. The van der Waals surface area contributed by atoms with Gasteiger partial charge in [0.05, 0.1) is 11.7 Å². The van der Waals surface area contributed by atoms with Gasteiger partial charge in [0.25, 0.3) is 0 Å². The monoisotopic (exact) mass is 341 g/mol. The highest BCUT2D eigenvalue weighted by Gasteiger charge is 2.31. The summed E-state index contributed by atoms with van der Waals surface area (Å²) in [5, 5.41) is 7.95. The van der Waals surface area contributed by atoms with Gasteiger partial charge in [0.15, 0.2) is 0 Å². The molecule has 6 heteroatoms. The number of aromatic nitrogens is 2. The van der Waals surface area contributed by atoms with E-state index in [1.54, 1.807) is 0 Å². The van der Waals surface area contributed by atoms with Crippen LogP contribution in [0.15, 0.2) is 30.3 Å². The molecule has 134 valence electrons. The highest BCUT2D eigenvalue weighted by Crippen LogP contribution is 2.22. The largest absolute Gasteiger partial charge is 0.363 e. The van der Waals surface area contributed by atoms with Crippen molar-refractivity contribution < 1.29 is 4.79 Å². The Hall–Kier alpha value is -2.34. The first-order valence-electron chi connectivity index (χ1n) is 8.73. The van der Waals surface area contributed by atoms with Gasteiger partial charge in [0.1, 0.15) is 5.82 Å². The van der Waals surface area contributed by atoms with Crippen molar-refractivity contribution in [3.05, 3.63) is 47.2 Å². The Bertz CT molecular complexity index is 738. The zero-order valence-electron chi connectivity index (χ0n) is 15.5. The van der Waals surface area contributed by atoms with Crippen LogP contribution in [0.25, 0.3) is 0 Å². The number of aryl methyl sites for hydroxylation is 2. The number of benzene rings is 1. The molecule has 1 N–H and O–H groups in total. The number of rotatable bonds is 6. The highest BCUT2D eigenvalue weighted by atomic mass is 16.2. The number of likely N-dealkylation sites (tertiary alicyclic amines) is 1. The number of carbonyl (C=O) groups is 1. The van der Waals surface area contributed by atoms with Crippen molar-refractivity contribution in [3.8, 4) is 0 Å². The van der Waals surface area contributed by atoms with Crippen molar-refractivity contribution in [1.29, 1.82) is 0 Å². The zero-order valence-corrected chi connectivity index (χ0v) is 15.5. The maximum absolute atomic E-state index is 12.7. The van der Waals surface area contributed by atoms with Crippen molar-refractivity contribution >= 4 is 11.7 Å². The first-order valence-corrected chi connectivity index (χ1v) is 8.73. The fourth-order valence-corrected chi connectivity index (χ4v) is 3.57. The lowest BCUT2D eigenvalue weighted by atomic mass is 10.2. The van der Waals surface area contributed by atoms with Gasteiger partial charge in [-0.3, -0.25) is 9.48 Å². The molecule has 0 radical (unpaired) electrons. The number of amides is 1. The average molecular weight is 341 g/mol. The van der Waals surface area contributed by atoms with Crippen LogP contribution in [0.2, 0.25) is 0 Å². The number of nitrogens with one attached hydrogen (secondary N) is 1. The highest BCUT2D eigenvalue weighted by molar-refractivity contribution is 5.84. The van der Waals surface area contributed by atoms with E-state index >= 15 is 0 Å². The van der Waals surface area contributed by atoms with Crippen LogP contribution < -0.4 is 10.2 Å². The number of carbonyl (C=O) groups excluding carboxylic acids is 1. The molecule has 25 heavy (non-hydrogen) atoms. The molecule has 0 saturated carbocycles. The van der Waals surface area contributed by atoms with E-state index in [1.165, 1.54) is 5.56 Å². The lowest BCUT2D eigenvalue weighted by molar-refractivity contribution is -0.129. The lowest BCUT2D eigenvalue weighted by Gasteiger charge is -2.18. The van der Waals surface area contributed by atoms with Crippen molar-refractivity contribution in [2.45, 2.75) is 32.5 Å². The van der Waals surface area contributed by atoms with Crippen molar-refractivity contribution in [2.24, 2.45) is 7.05 Å². The first-order chi connectivity index (χ1) is 12.0. The van der Waals surface area contributed by atoms with Gasteiger partial charge < -0.3 is 15.1 Å². The summed E-state index contributed by atoms with van der Waals surface area (Å²) in [6.45, 7) is 4.16. The van der Waals surface area contributed by atoms with E-state index in [0.717, 1.165) is 30.0 Å². The van der Waals surface area contributed by atoms with Crippen LogP contribution in [0.5, 0.6) is 0 Å². The van der Waals surface area contributed by atoms with Crippen molar-refractivity contribution in [2.75, 3.05) is 25.5 Å². The maximum atomic E-state index is 12.7. The summed E-state index contributed by atoms with van der Waals surface area (Å²) in [5.74, 6) is 1.27. The smallest absolute Gasteiger partial charge is 0.240 e. The van der Waals surface area contributed by atoms with E-state index in [-0.39, 0.29) is 11.9 Å². The van der Waals surface area contributed by atoms with Crippen LogP contribution >= 0.6 is 0 Å². The molecular formula is C19H27N5O. The first kappa shape index (κ1) is 17.5. The summed E-state index contributed by atoms with van der Waals surface area (Å²) in [7, 11) is 5.98. The van der Waals surface area contributed by atoms with Crippen LogP contribution in [-0.2, 0) is 24.9 Å². The average Bonchev–Trinajstić information content (AvgIpc) is 3.06. The molecule has 1 atom stereocenters. The molecule has 0 spiro atoms. The zero-order chi connectivity index (χ0) is 18.0. The van der Waals surface area contributed by atoms with Crippen molar-refractivity contribution in [1.82, 2.24) is 20.0 Å². The molecule has 3 rings (SSSR count). The Morgan fingerprint density at radius 2 is 2.00 bits per heavy atom. The Morgan fingerprint density at radius 3 is 2.68 bits per heavy atom. The minimum atomic E-state index is -0.113. The molecule has 1 fully saturated rings. The molecule has 2 heterocycles. The van der Waals surface area contributed by atoms with Gasteiger partial charge in [-0.05, 0) is 18.9 Å². The van der Waals surface area contributed by atoms with Gasteiger partial charge in [-0.1, -0.05) is 30.3 Å². The van der Waals surface area contributed by atoms with E-state index in [0.29, 0.717) is 13.1 Å². The number of nitrogens with zero attached hydrogens (tertiary/aromatic N) is 4.